The topological polar surface area (TPSA) is 97.4 Å². The minimum Gasteiger partial charge on any atom is -0.346 e. The van der Waals surface area contributed by atoms with Crippen LogP contribution in [0.25, 0.3) is 0 Å². The van der Waals surface area contributed by atoms with Crippen LogP contribution in [0.1, 0.15) is 69.8 Å². The fourth-order valence-corrected chi connectivity index (χ4v) is 4.24. The van der Waals surface area contributed by atoms with E-state index in [0.29, 0.717) is 12.0 Å². The highest BCUT2D eigenvalue weighted by Gasteiger charge is 2.32. The molecular weight excluding hydrogens is 466 g/mol. The van der Waals surface area contributed by atoms with Crippen LogP contribution in [-0.2, 0) is 25.6 Å². The fourth-order valence-electron chi connectivity index (χ4n) is 4.24. The van der Waals surface area contributed by atoms with Crippen molar-refractivity contribution in [1.82, 2.24) is 5.32 Å². The maximum absolute atomic E-state index is 13.3. The van der Waals surface area contributed by atoms with Crippen LogP contribution < -0.4 is 5.32 Å². The quantitative estimate of drug-likeness (QED) is 0.270. The maximum atomic E-state index is 13.3. The first-order valence-electron chi connectivity index (χ1n) is 13.0. The molecular formula is C31H39NO5. The molecule has 0 aliphatic rings. The van der Waals surface area contributed by atoms with Crippen LogP contribution in [0.4, 0.5) is 0 Å². The van der Waals surface area contributed by atoms with E-state index in [1.807, 2.05) is 64.1 Å². The van der Waals surface area contributed by atoms with Gasteiger partial charge in [0.1, 0.15) is 0 Å². The Morgan fingerprint density at radius 1 is 0.730 bits per heavy atom. The molecule has 0 aliphatic heterocycles. The molecule has 198 valence electrons. The van der Waals surface area contributed by atoms with E-state index in [0.717, 1.165) is 5.56 Å². The number of carbonyl (C=O) groups is 5. The van der Waals surface area contributed by atoms with Crippen molar-refractivity contribution in [1.29, 1.82) is 0 Å². The van der Waals surface area contributed by atoms with E-state index in [1.165, 1.54) is 0 Å². The standard InChI is InChI=1S/C31H39NO5/c1-20(2)16-29(35)30(36)26(21(3)4)19-27(33)22(5)32-31(37)25(17-23-12-8-6-9-13-23)18-28(34)24-14-10-7-11-15-24/h6-15,20-22,25-26H,16-19H2,1-5H3,(H,32,37)/t22-,25+,26-/m0/s1. The minimum absolute atomic E-state index is 0.00244. The van der Waals surface area contributed by atoms with Crippen molar-refractivity contribution >= 4 is 29.0 Å². The highest BCUT2D eigenvalue weighted by Crippen LogP contribution is 2.21. The van der Waals surface area contributed by atoms with Gasteiger partial charge in [0.05, 0.1) is 6.04 Å². The molecule has 0 bridgehead atoms. The van der Waals surface area contributed by atoms with Gasteiger partial charge >= 0.3 is 0 Å². The van der Waals surface area contributed by atoms with E-state index >= 15 is 0 Å². The highest BCUT2D eigenvalue weighted by atomic mass is 16.2. The second-order valence-electron chi connectivity index (χ2n) is 10.5. The number of Topliss-reactive ketones (excluding diaryl/α,β-unsaturated/α-hetero) is 4. The number of amides is 1. The van der Waals surface area contributed by atoms with Crippen LogP contribution in [0, 0.1) is 23.7 Å². The van der Waals surface area contributed by atoms with E-state index in [-0.39, 0.29) is 42.7 Å². The largest absolute Gasteiger partial charge is 0.346 e. The molecule has 2 rings (SSSR count). The molecule has 0 spiro atoms. The van der Waals surface area contributed by atoms with E-state index in [1.54, 1.807) is 31.2 Å². The second kappa shape index (κ2) is 14.4. The van der Waals surface area contributed by atoms with E-state index in [9.17, 15) is 24.0 Å². The summed E-state index contributed by atoms with van der Waals surface area (Å²) < 4.78 is 0. The Kier molecular flexibility index (Phi) is 11.6. The van der Waals surface area contributed by atoms with Crippen molar-refractivity contribution in [3.05, 3.63) is 71.8 Å². The third-order valence-corrected chi connectivity index (χ3v) is 6.50. The van der Waals surface area contributed by atoms with Crippen molar-refractivity contribution in [2.24, 2.45) is 23.7 Å². The summed E-state index contributed by atoms with van der Waals surface area (Å²) in [5.41, 5.74) is 1.44. The molecule has 0 aliphatic carbocycles. The lowest BCUT2D eigenvalue weighted by molar-refractivity contribution is -0.141. The Labute approximate surface area is 220 Å². The number of hydrogen-bond acceptors (Lipinski definition) is 5. The molecule has 0 saturated carbocycles. The first kappa shape index (κ1) is 29.8. The van der Waals surface area contributed by atoms with E-state index in [4.69, 9.17) is 0 Å². The Hall–Kier alpha value is -3.41. The van der Waals surface area contributed by atoms with Crippen LogP contribution in [0.15, 0.2) is 60.7 Å². The summed E-state index contributed by atoms with van der Waals surface area (Å²) in [5, 5.41) is 2.76. The molecule has 2 aromatic carbocycles. The SMILES string of the molecule is CC(C)CC(=O)C(=O)[C@@H](CC(=O)[C@H](C)NC(=O)[C@@H](CC(=O)c1ccccc1)Cc1ccccc1)C(C)C. The molecule has 0 heterocycles. The summed E-state index contributed by atoms with van der Waals surface area (Å²) in [6.45, 7) is 8.94. The molecule has 0 saturated heterocycles. The number of hydrogen-bond donors (Lipinski definition) is 1. The van der Waals surface area contributed by atoms with Crippen molar-refractivity contribution in [2.75, 3.05) is 0 Å². The Bertz CT molecular complexity index is 1080. The van der Waals surface area contributed by atoms with Gasteiger partial charge in [0.2, 0.25) is 11.7 Å². The number of carbonyl (C=O) groups excluding carboxylic acids is 5. The molecule has 6 heteroatoms. The normalized spacial score (nSPS) is 13.6. The van der Waals surface area contributed by atoms with Gasteiger partial charge < -0.3 is 5.32 Å². The van der Waals surface area contributed by atoms with Crippen molar-refractivity contribution in [3.8, 4) is 0 Å². The monoisotopic (exact) mass is 505 g/mol. The zero-order chi connectivity index (χ0) is 27.5. The van der Waals surface area contributed by atoms with Gasteiger partial charge in [0.25, 0.3) is 0 Å². The first-order chi connectivity index (χ1) is 17.5. The van der Waals surface area contributed by atoms with Crippen LogP contribution >= 0.6 is 0 Å². The first-order valence-corrected chi connectivity index (χ1v) is 13.0. The summed E-state index contributed by atoms with van der Waals surface area (Å²) >= 11 is 0. The lowest BCUT2D eigenvalue weighted by atomic mass is 9.83. The Morgan fingerprint density at radius 2 is 1.30 bits per heavy atom. The lowest BCUT2D eigenvalue weighted by Gasteiger charge is -2.23. The Balaban J connectivity index is 2.12. The van der Waals surface area contributed by atoms with Gasteiger partial charge in [-0.05, 0) is 30.7 Å². The van der Waals surface area contributed by atoms with Crippen molar-refractivity contribution in [3.63, 3.8) is 0 Å². The smallest absolute Gasteiger partial charge is 0.224 e. The minimum atomic E-state index is -0.855. The number of benzene rings is 2. The third-order valence-electron chi connectivity index (χ3n) is 6.50. The summed E-state index contributed by atoms with van der Waals surface area (Å²) in [6.07, 6.45) is 0.388. The molecule has 1 N–H and O–H groups in total. The van der Waals surface area contributed by atoms with Gasteiger partial charge in [-0.25, -0.2) is 0 Å². The van der Waals surface area contributed by atoms with Gasteiger partial charge in [0, 0.05) is 36.7 Å². The van der Waals surface area contributed by atoms with E-state index in [2.05, 4.69) is 5.32 Å². The fraction of sp³-hybridized carbons (Fsp3) is 0.452. The molecule has 0 aromatic heterocycles. The number of rotatable bonds is 15. The molecule has 3 atom stereocenters. The summed E-state index contributed by atoms with van der Waals surface area (Å²) in [7, 11) is 0. The molecule has 0 radical (unpaired) electrons. The van der Waals surface area contributed by atoms with Gasteiger partial charge in [-0.2, -0.15) is 0 Å². The van der Waals surface area contributed by atoms with Gasteiger partial charge in [-0.15, -0.1) is 0 Å². The van der Waals surface area contributed by atoms with Gasteiger partial charge in [-0.1, -0.05) is 88.4 Å². The van der Waals surface area contributed by atoms with Crippen LogP contribution in [0.5, 0.6) is 0 Å². The Morgan fingerprint density at radius 3 is 1.84 bits per heavy atom. The summed E-state index contributed by atoms with van der Waals surface area (Å²) in [6, 6.07) is 17.4. The number of ketones is 4. The van der Waals surface area contributed by atoms with Crippen molar-refractivity contribution in [2.45, 2.75) is 66.3 Å². The predicted octanol–water partition coefficient (Wildman–Crippen LogP) is 5.04. The molecule has 0 fully saturated rings. The lowest BCUT2D eigenvalue weighted by Crippen LogP contribution is -2.44. The summed E-state index contributed by atoms with van der Waals surface area (Å²) in [5.74, 6) is -3.36. The molecule has 2 aromatic rings. The molecule has 0 unspecified atom stereocenters. The zero-order valence-corrected chi connectivity index (χ0v) is 22.5. The van der Waals surface area contributed by atoms with Crippen molar-refractivity contribution < 1.29 is 24.0 Å². The summed E-state index contributed by atoms with van der Waals surface area (Å²) in [4.78, 5) is 64.3. The number of nitrogens with one attached hydrogen (secondary N) is 1. The zero-order valence-electron chi connectivity index (χ0n) is 22.5. The highest BCUT2D eigenvalue weighted by molar-refractivity contribution is 6.38. The second-order valence-corrected chi connectivity index (χ2v) is 10.5. The maximum Gasteiger partial charge on any atom is 0.224 e. The van der Waals surface area contributed by atoms with Crippen LogP contribution in [-0.4, -0.2) is 35.1 Å². The molecule has 37 heavy (non-hydrogen) atoms. The van der Waals surface area contributed by atoms with Gasteiger partial charge in [-0.3, -0.25) is 24.0 Å². The average Bonchev–Trinajstić information content (AvgIpc) is 2.86. The third kappa shape index (κ3) is 9.52. The molecule has 6 nitrogen and oxygen atoms in total. The van der Waals surface area contributed by atoms with Crippen LogP contribution in [0.3, 0.4) is 0 Å². The molecule has 1 amide bonds. The van der Waals surface area contributed by atoms with Crippen LogP contribution in [0.2, 0.25) is 0 Å². The average molecular weight is 506 g/mol. The van der Waals surface area contributed by atoms with Gasteiger partial charge in [0.15, 0.2) is 17.3 Å². The predicted molar refractivity (Wildman–Crippen MR) is 144 cm³/mol. The van der Waals surface area contributed by atoms with E-state index < -0.39 is 35.4 Å².